The number of hydrogen-bond acceptors (Lipinski definition) is 3. The van der Waals surface area contributed by atoms with Crippen molar-refractivity contribution in [3.05, 3.63) is 21.7 Å². The highest BCUT2D eigenvalue weighted by Crippen LogP contribution is 2.28. The maximum atomic E-state index is 11.9. The number of hydrogen-bond donors (Lipinski definition) is 0. The van der Waals surface area contributed by atoms with E-state index in [-0.39, 0.29) is 5.69 Å². The Hall–Kier alpha value is -0.770. The van der Waals surface area contributed by atoms with Gasteiger partial charge in [-0.1, -0.05) is 26.2 Å². The lowest BCUT2D eigenvalue weighted by molar-refractivity contribution is 0.591. The second kappa shape index (κ2) is 7.13. The van der Waals surface area contributed by atoms with Crippen LogP contribution < -0.4 is 5.69 Å². The third-order valence-corrected chi connectivity index (χ3v) is 4.93. The third-order valence-electron chi connectivity index (χ3n) is 3.82. The van der Waals surface area contributed by atoms with Gasteiger partial charge in [0.05, 0.1) is 0 Å². The summed E-state index contributed by atoms with van der Waals surface area (Å²) in [6.07, 6.45) is 9.65. The predicted octanol–water partition coefficient (Wildman–Crippen LogP) is 3.33. The number of nitrogens with zero attached hydrogens (tertiary/aromatic N) is 2. The van der Waals surface area contributed by atoms with Crippen LogP contribution >= 0.6 is 11.8 Å². The number of aromatic nitrogens is 2. The van der Waals surface area contributed by atoms with Crippen LogP contribution in [0.1, 0.15) is 56.7 Å². The highest BCUT2D eigenvalue weighted by atomic mass is 32.2. The molecule has 19 heavy (non-hydrogen) atoms. The van der Waals surface area contributed by atoms with Crippen LogP contribution in [-0.4, -0.2) is 15.3 Å². The molecule has 0 unspecified atom stereocenters. The maximum absolute atomic E-state index is 11.9. The fraction of sp³-hybridized carbons (Fsp3) is 0.733. The first-order valence-electron chi connectivity index (χ1n) is 7.45. The van der Waals surface area contributed by atoms with E-state index in [0.717, 1.165) is 23.6 Å². The molecule has 1 aromatic rings. The van der Waals surface area contributed by atoms with E-state index in [1.165, 1.54) is 49.8 Å². The molecule has 0 atom stereocenters. The van der Waals surface area contributed by atoms with Gasteiger partial charge in [-0.25, -0.2) is 4.79 Å². The van der Waals surface area contributed by atoms with E-state index in [4.69, 9.17) is 0 Å². The van der Waals surface area contributed by atoms with Crippen LogP contribution in [0, 0.1) is 0 Å². The minimum Gasteiger partial charge on any atom is -0.299 e. The molecule has 0 saturated heterocycles. The molecule has 0 aromatic carbocycles. The first kappa shape index (κ1) is 14.6. The maximum Gasteiger partial charge on any atom is 0.348 e. The van der Waals surface area contributed by atoms with Gasteiger partial charge in [-0.15, -0.1) is 11.8 Å². The fourth-order valence-corrected chi connectivity index (χ4v) is 3.73. The molecular weight excluding hydrogens is 256 g/mol. The van der Waals surface area contributed by atoms with Gasteiger partial charge in [0.15, 0.2) is 0 Å². The van der Waals surface area contributed by atoms with Crippen molar-refractivity contribution in [2.45, 2.75) is 63.3 Å². The number of fused-ring (bicyclic) bond motifs is 1. The molecule has 2 rings (SSSR count). The molecule has 0 bridgehead atoms. The molecule has 0 spiro atoms. The molecule has 0 amide bonds. The molecule has 0 saturated carbocycles. The molecule has 1 aromatic heterocycles. The van der Waals surface area contributed by atoms with Gasteiger partial charge >= 0.3 is 5.69 Å². The predicted molar refractivity (Wildman–Crippen MR) is 81.0 cm³/mol. The molecule has 4 heteroatoms. The molecule has 106 valence electrons. The average molecular weight is 280 g/mol. The number of unbranched alkanes of at least 4 members (excludes halogenated alkanes) is 3. The Morgan fingerprint density at radius 2 is 2.00 bits per heavy atom. The Morgan fingerprint density at radius 3 is 2.79 bits per heavy atom. The van der Waals surface area contributed by atoms with Crippen LogP contribution in [0.25, 0.3) is 0 Å². The molecule has 1 aliphatic rings. The van der Waals surface area contributed by atoms with E-state index in [0.29, 0.717) is 0 Å². The van der Waals surface area contributed by atoms with Crippen molar-refractivity contribution >= 4 is 11.8 Å². The molecule has 0 N–H and O–H groups in total. The molecule has 1 heterocycles. The standard InChI is InChI=1S/C15H24N2OS/c1-3-4-5-8-11-19-14-12-9-6-7-10-13(12)17(2)15(18)16-14/h3-11H2,1-2H3. The van der Waals surface area contributed by atoms with E-state index in [1.54, 1.807) is 16.3 Å². The zero-order valence-electron chi connectivity index (χ0n) is 12.1. The second-order valence-electron chi connectivity index (χ2n) is 5.30. The summed E-state index contributed by atoms with van der Waals surface area (Å²) in [4.78, 5) is 16.2. The van der Waals surface area contributed by atoms with E-state index in [2.05, 4.69) is 11.9 Å². The van der Waals surface area contributed by atoms with Crippen LogP contribution in [0.4, 0.5) is 0 Å². The normalized spacial score (nSPS) is 14.4. The van der Waals surface area contributed by atoms with E-state index in [1.807, 2.05) is 7.05 Å². The van der Waals surface area contributed by atoms with Crippen molar-refractivity contribution in [3.8, 4) is 0 Å². The highest BCUT2D eigenvalue weighted by molar-refractivity contribution is 7.99. The quantitative estimate of drug-likeness (QED) is 0.455. The van der Waals surface area contributed by atoms with Gasteiger partial charge in [-0.3, -0.25) is 4.57 Å². The van der Waals surface area contributed by atoms with Gasteiger partial charge in [-0.05, 0) is 37.9 Å². The Labute approximate surface area is 119 Å². The van der Waals surface area contributed by atoms with Crippen molar-refractivity contribution < 1.29 is 0 Å². The van der Waals surface area contributed by atoms with Crippen molar-refractivity contribution in [2.75, 3.05) is 5.75 Å². The van der Waals surface area contributed by atoms with E-state index < -0.39 is 0 Å². The molecule has 0 aliphatic heterocycles. The summed E-state index contributed by atoms with van der Waals surface area (Å²) in [5.74, 6) is 1.09. The molecule has 3 nitrogen and oxygen atoms in total. The Kier molecular flexibility index (Phi) is 5.49. The summed E-state index contributed by atoms with van der Waals surface area (Å²) in [5.41, 5.74) is 2.48. The third kappa shape index (κ3) is 3.62. The minimum atomic E-state index is -0.0864. The van der Waals surface area contributed by atoms with Gasteiger partial charge in [0.2, 0.25) is 0 Å². The van der Waals surface area contributed by atoms with Crippen LogP contribution in [0.2, 0.25) is 0 Å². The lowest BCUT2D eigenvalue weighted by atomic mass is 9.97. The summed E-state index contributed by atoms with van der Waals surface area (Å²) in [6, 6.07) is 0. The van der Waals surface area contributed by atoms with Crippen molar-refractivity contribution in [3.63, 3.8) is 0 Å². The summed E-state index contributed by atoms with van der Waals surface area (Å²) in [7, 11) is 1.86. The SMILES string of the molecule is CCCCCCSc1nc(=O)n(C)c2c1CCCC2. The Bertz CT molecular complexity index is 482. The number of thioether (sulfide) groups is 1. The largest absolute Gasteiger partial charge is 0.348 e. The van der Waals surface area contributed by atoms with Crippen LogP contribution in [0.5, 0.6) is 0 Å². The Morgan fingerprint density at radius 1 is 1.21 bits per heavy atom. The molecule has 0 fully saturated rings. The molecular formula is C15H24N2OS. The summed E-state index contributed by atoms with van der Waals surface area (Å²) < 4.78 is 1.75. The van der Waals surface area contributed by atoms with Gasteiger partial charge in [-0.2, -0.15) is 4.98 Å². The lowest BCUT2D eigenvalue weighted by Crippen LogP contribution is -2.27. The summed E-state index contributed by atoms with van der Waals surface area (Å²) >= 11 is 1.78. The monoisotopic (exact) mass is 280 g/mol. The molecule has 1 aliphatic carbocycles. The zero-order valence-corrected chi connectivity index (χ0v) is 12.9. The van der Waals surface area contributed by atoms with Gasteiger partial charge in [0, 0.05) is 18.3 Å². The lowest BCUT2D eigenvalue weighted by Gasteiger charge is -2.20. The minimum absolute atomic E-state index is 0.0864. The second-order valence-corrected chi connectivity index (χ2v) is 6.38. The highest BCUT2D eigenvalue weighted by Gasteiger charge is 2.18. The van der Waals surface area contributed by atoms with Gasteiger partial charge in [0.1, 0.15) is 5.03 Å². The fourth-order valence-electron chi connectivity index (χ4n) is 2.65. The summed E-state index contributed by atoms with van der Waals surface area (Å²) in [6.45, 7) is 2.23. The molecule has 0 radical (unpaired) electrons. The Balaban J connectivity index is 2.08. The first-order chi connectivity index (χ1) is 9.24. The van der Waals surface area contributed by atoms with Crippen molar-refractivity contribution in [2.24, 2.45) is 7.05 Å². The van der Waals surface area contributed by atoms with Crippen molar-refractivity contribution in [1.29, 1.82) is 0 Å². The smallest absolute Gasteiger partial charge is 0.299 e. The van der Waals surface area contributed by atoms with Crippen LogP contribution in [-0.2, 0) is 19.9 Å². The average Bonchev–Trinajstić information content (AvgIpc) is 2.44. The van der Waals surface area contributed by atoms with Gasteiger partial charge in [0.25, 0.3) is 0 Å². The van der Waals surface area contributed by atoms with Crippen LogP contribution in [0.15, 0.2) is 9.82 Å². The van der Waals surface area contributed by atoms with E-state index in [9.17, 15) is 4.79 Å². The first-order valence-corrected chi connectivity index (χ1v) is 8.44. The van der Waals surface area contributed by atoms with Gasteiger partial charge < -0.3 is 0 Å². The topological polar surface area (TPSA) is 34.9 Å². The summed E-state index contributed by atoms with van der Waals surface area (Å²) in [5, 5.41) is 1.01. The van der Waals surface area contributed by atoms with E-state index >= 15 is 0 Å². The number of rotatable bonds is 6. The van der Waals surface area contributed by atoms with Crippen molar-refractivity contribution in [1.82, 2.24) is 9.55 Å². The van der Waals surface area contributed by atoms with Crippen LogP contribution in [0.3, 0.4) is 0 Å². The zero-order chi connectivity index (χ0) is 13.7.